The Morgan fingerprint density at radius 2 is 1.10 bits per heavy atom. The monoisotopic (exact) mass is 726 g/mol. The van der Waals surface area contributed by atoms with Gasteiger partial charge in [-0.3, -0.25) is 0 Å². The van der Waals surface area contributed by atoms with Crippen LogP contribution in [-0.4, -0.2) is 51.0 Å². The zero-order valence-electron chi connectivity index (χ0n) is 24.4. The summed E-state index contributed by atoms with van der Waals surface area (Å²) in [5.41, 5.74) is 1.05. The second-order valence-corrected chi connectivity index (χ2v) is 14.8. The molecule has 0 radical (unpaired) electrons. The number of methoxy groups -OCH3 is 2. The number of hydrogen-bond acceptors (Lipinski definition) is 6. The van der Waals surface area contributed by atoms with Crippen LogP contribution in [0, 0.1) is 0 Å². The van der Waals surface area contributed by atoms with Crippen LogP contribution in [0.4, 0.5) is 39.5 Å². The van der Waals surface area contributed by atoms with Gasteiger partial charge >= 0.3 is 33.4 Å². The van der Waals surface area contributed by atoms with Crippen molar-refractivity contribution >= 4 is 20.4 Å². The van der Waals surface area contributed by atoms with Crippen molar-refractivity contribution < 1.29 is 66.1 Å². The van der Waals surface area contributed by atoms with E-state index >= 15 is 8.78 Å². The predicted molar refractivity (Wildman–Crippen MR) is 155 cm³/mol. The molecule has 0 saturated heterocycles. The molecular formula is C31H23F9O6S2. The number of phenols is 1. The normalized spacial score (nSPS) is 15.6. The number of ether oxygens (including phenoxy) is 2. The largest absolute Gasteiger partial charge is 0.507 e. The minimum Gasteiger partial charge on any atom is -0.507 e. The van der Waals surface area contributed by atoms with Crippen molar-refractivity contribution in [1.82, 2.24) is 0 Å². The van der Waals surface area contributed by atoms with Crippen molar-refractivity contribution in [2.75, 3.05) is 14.2 Å². The molecule has 5 rings (SSSR count). The highest BCUT2D eigenvalue weighted by Crippen LogP contribution is 2.74. The quantitative estimate of drug-likeness (QED) is 0.130. The molecule has 17 heteroatoms. The Morgan fingerprint density at radius 1 is 0.625 bits per heavy atom. The van der Waals surface area contributed by atoms with E-state index in [4.69, 9.17) is 13.1 Å². The van der Waals surface area contributed by atoms with E-state index in [-0.39, 0.29) is 20.9 Å². The molecule has 0 fully saturated rings. The molecule has 48 heavy (non-hydrogen) atoms. The highest BCUT2D eigenvalue weighted by molar-refractivity contribution is 8.33. The molecule has 0 aliphatic heterocycles. The fourth-order valence-corrected chi connectivity index (χ4v) is 10.7. The Morgan fingerprint density at radius 3 is 1.58 bits per heavy atom. The molecule has 0 amide bonds. The first-order chi connectivity index (χ1) is 22.3. The molecule has 0 spiro atoms. The van der Waals surface area contributed by atoms with Gasteiger partial charge in [0.1, 0.15) is 5.75 Å². The van der Waals surface area contributed by atoms with Crippen LogP contribution < -0.4 is 0 Å². The second-order valence-electron chi connectivity index (χ2n) is 10.3. The molecule has 6 nitrogen and oxygen atoms in total. The second kappa shape index (κ2) is 11.7. The van der Waals surface area contributed by atoms with E-state index in [0.29, 0.717) is 11.1 Å². The number of halogens is 9. The molecule has 258 valence electrons. The molecule has 0 atom stereocenters. The topological polar surface area (TPSA) is 82.1 Å². The van der Waals surface area contributed by atoms with E-state index in [2.05, 4.69) is 0 Å². The van der Waals surface area contributed by atoms with Crippen LogP contribution in [-0.2, 0) is 29.0 Å². The number of aromatic hydroxyl groups is 1. The third kappa shape index (κ3) is 4.88. The van der Waals surface area contributed by atoms with Gasteiger partial charge in [-0.15, -0.1) is 0 Å². The predicted octanol–water partition coefficient (Wildman–Crippen LogP) is 8.84. The number of fused-ring (bicyclic) bond motifs is 3. The SMILES string of the molecule is COC1(OC)c2ccccc2-c2cc(S(OS(=O)(=O)C(F)(F)C(F)(F)C(F)(F)C(F)(F)F)(c3ccccc3)c3ccccc3)c(O)cc21. The molecule has 4 aromatic carbocycles. The Bertz CT molecular complexity index is 1890. The molecule has 1 aliphatic rings. The maximum absolute atomic E-state index is 15.3. The number of alkyl halides is 9. The third-order valence-corrected chi connectivity index (χ3v) is 12.9. The lowest BCUT2D eigenvalue weighted by Gasteiger charge is -2.41. The van der Waals surface area contributed by atoms with Crippen LogP contribution in [0.1, 0.15) is 11.1 Å². The average molecular weight is 727 g/mol. The van der Waals surface area contributed by atoms with Crippen LogP contribution in [0.3, 0.4) is 0 Å². The number of phenolic OH excluding ortho intramolecular Hbond substituents is 1. The minimum absolute atomic E-state index is 0.133. The van der Waals surface area contributed by atoms with Gasteiger partial charge in [0.2, 0.25) is 5.79 Å². The summed E-state index contributed by atoms with van der Waals surface area (Å²) in [5, 5.41) is 4.38. The Kier molecular flexibility index (Phi) is 8.65. The number of hydrogen-bond donors (Lipinski definition) is 1. The molecule has 1 aliphatic carbocycles. The van der Waals surface area contributed by atoms with Crippen molar-refractivity contribution in [3.63, 3.8) is 0 Å². The van der Waals surface area contributed by atoms with Crippen LogP contribution in [0.2, 0.25) is 0 Å². The smallest absolute Gasteiger partial charge is 0.460 e. The third-order valence-electron chi connectivity index (χ3n) is 7.68. The summed E-state index contributed by atoms with van der Waals surface area (Å²) >= 11 is 0. The fourth-order valence-electron chi connectivity index (χ4n) is 5.39. The summed E-state index contributed by atoms with van der Waals surface area (Å²) in [7, 11) is -9.40. The average Bonchev–Trinajstić information content (AvgIpc) is 3.32. The molecule has 4 aromatic rings. The fraction of sp³-hybridized carbons (Fsp3) is 0.226. The summed E-state index contributed by atoms with van der Waals surface area (Å²) in [6, 6.07) is 20.8. The van der Waals surface area contributed by atoms with Gasteiger partial charge in [-0.1, -0.05) is 60.7 Å². The Labute approximate surface area is 269 Å². The summed E-state index contributed by atoms with van der Waals surface area (Å²) in [5.74, 6) is -17.6. The minimum atomic E-state index is -7.56. The first kappa shape index (κ1) is 35.5. The summed E-state index contributed by atoms with van der Waals surface area (Å²) in [6.07, 6.45) is -7.29. The molecule has 0 bridgehead atoms. The van der Waals surface area contributed by atoms with E-state index in [1.165, 1.54) is 50.6 Å². The van der Waals surface area contributed by atoms with Crippen molar-refractivity contribution in [3.8, 4) is 16.9 Å². The van der Waals surface area contributed by atoms with E-state index in [1.807, 2.05) is 0 Å². The van der Waals surface area contributed by atoms with E-state index < -0.39 is 60.1 Å². The van der Waals surface area contributed by atoms with Crippen LogP contribution in [0.25, 0.3) is 11.1 Å². The van der Waals surface area contributed by atoms with E-state index in [0.717, 1.165) is 36.4 Å². The van der Waals surface area contributed by atoms with E-state index in [9.17, 15) is 44.3 Å². The van der Waals surface area contributed by atoms with Crippen LogP contribution in [0.15, 0.2) is 112 Å². The standard InChI is InChI=1S/C31H23F9O6S2/c1-44-27(45-2)23-16-10-9-15-21(23)22-17-26(25(41)18-24(22)27)47(19-11-5-3-6-12-19,20-13-7-4-8-14-20)46-48(42,43)31(39,40)29(34,35)28(32,33)30(36,37)38/h3-18,41H,1-2H3. The first-order valence-electron chi connectivity index (χ1n) is 13.4. The number of benzene rings is 4. The molecule has 0 heterocycles. The van der Waals surface area contributed by atoms with Gasteiger partial charge in [0.25, 0.3) is 0 Å². The van der Waals surface area contributed by atoms with Crippen molar-refractivity contribution in [3.05, 3.63) is 108 Å². The van der Waals surface area contributed by atoms with Crippen LogP contribution in [0.5, 0.6) is 5.75 Å². The lowest BCUT2D eigenvalue weighted by atomic mass is 10.0. The summed E-state index contributed by atoms with van der Waals surface area (Å²) < 4.78 is 169. The van der Waals surface area contributed by atoms with Crippen molar-refractivity contribution in [2.24, 2.45) is 0 Å². The molecule has 0 saturated carbocycles. The summed E-state index contributed by atoms with van der Waals surface area (Å²) in [6.45, 7) is 0. The van der Waals surface area contributed by atoms with Gasteiger partial charge in [0.15, 0.2) is 0 Å². The highest BCUT2D eigenvalue weighted by Gasteiger charge is 2.86. The Hall–Kier alpha value is -3.77. The van der Waals surface area contributed by atoms with Gasteiger partial charge in [-0.25, -0.2) is 3.63 Å². The molecule has 0 aromatic heterocycles. The zero-order chi connectivity index (χ0) is 35.6. The van der Waals surface area contributed by atoms with Crippen molar-refractivity contribution in [1.29, 1.82) is 0 Å². The number of rotatable bonds is 10. The van der Waals surface area contributed by atoms with Gasteiger partial charge in [0, 0.05) is 35.1 Å². The first-order valence-corrected chi connectivity index (χ1v) is 16.4. The lowest BCUT2D eigenvalue weighted by Crippen LogP contribution is -2.63. The molecular weight excluding hydrogens is 703 g/mol. The lowest BCUT2D eigenvalue weighted by molar-refractivity contribution is -0.382. The summed E-state index contributed by atoms with van der Waals surface area (Å²) in [4.78, 5) is -1.33. The van der Waals surface area contributed by atoms with Gasteiger partial charge in [-0.2, -0.15) is 47.9 Å². The highest BCUT2D eigenvalue weighted by atomic mass is 32.3. The maximum Gasteiger partial charge on any atom is 0.460 e. The van der Waals surface area contributed by atoms with Gasteiger partial charge in [0.05, 0.1) is 4.90 Å². The van der Waals surface area contributed by atoms with Gasteiger partial charge in [-0.05, 0) is 57.8 Å². The van der Waals surface area contributed by atoms with Gasteiger partial charge < -0.3 is 14.6 Å². The van der Waals surface area contributed by atoms with Crippen LogP contribution >= 0.6 is 10.3 Å². The molecule has 0 unspecified atom stereocenters. The zero-order valence-corrected chi connectivity index (χ0v) is 26.1. The maximum atomic E-state index is 15.3. The van der Waals surface area contributed by atoms with Crippen molar-refractivity contribution in [2.45, 2.75) is 43.7 Å². The van der Waals surface area contributed by atoms with E-state index in [1.54, 1.807) is 24.3 Å². The Balaban J connectivity index is 1.87. The molecule has 1 N–H and O–H groups in total.